The minimum atomic E-state index is -0.843. The molecule has 1 fully saturated rings. The second kappa shape index (κ2) is 7.77. The van der Waals surface area contributed by atoms with Crippen LogP contribution in [-0.4, -0.2) is 31.7 Å². The van der Waals surface area contributed by atoms with Gasteiger partial charge in [0, 0.05) is 18.0 Å². The predicted octanol–water partition coefficient (Wildman–Crippen LogP) is 4.15. The molecule has 1 unspecified atom stereocenters. The molecule has 7 nitrogen and oxygen atoms in total. The zero-order valence-electron chi connectivity index (χ0n) is 17.3. The van der Waals surface area contributed by atoms with Crippen molar-refractivity contribution >= 4 is 34.4 Å². The van der Waals surface area contributed by atoms with Crippen molar-refractivity contribution in [3.63, 3.8) is 0 Å². The number of hydrogen-bond acceptors (Lipinski definition) is 5. The molecule has 5 rings (SSSR count). The number of nitrogens with zero attached hydrogens (tertiary/aromatic N) is 3. The van der Waals surface area contributed by atoms with Crippen LogP contribution in [-0.2, 0) is 16.0 Å². The SMILES string of the molecule is CCc1ccc(/C(O)=C2\C(=O)C(=O)N(c3nc4ccccc4[nH]3)C2c2ccncc2)cc1. The van der Waals surface area contributed by atoms with Gasteiger partial charge in [-0.05, 0) is 41.8 Å². The van der Waals surface area contributed by atoms with Gasteiger partial charge in [0.25, 0.3) is 5.78 Å². The van der Waals surface area contributed by atoms with E-state index in [2.05, 4.69) is 15.0 Å². The number of fused-ring (bicyclic) bond motifs is 1. The van der Waals surface area contributed by atoms with Crippen LogP contribution in [0.5, 0.6) is 0 Å². The van der Waals surface area contributed by atoms with Gasteiger partial charge in [0.1, 0.15) is 5.76 Å². The van der Waals surface area contributed by atoms with Gasteiger partial charge in [-0.2, -0.15) is 0 Å². The molecule has 0 bridgehead atoms. The van der Waals surface area contributed by atoms with E-state index in [0.29, 0.717) is 16.6 Å². The van der Waals surface area contributed by atoms with Crippen LogP contribution in [0, 0.1) is 0 Å². The maximum atomic E-state index is 13.2. The number of rotatable bonds is 4. The van der Waals surface area contributed by atoms with Gasteiger partial charge >= 0.3 is 5.91 Å². The number of carbonyl (C=O) groups excluding carboxylic acids is 2. The number of aryl methyl sites for hydroxylation is 1. The Morgan fingerprint density at radius 3 is 2.44 bits per heavy atom. The van der Waals surface area contributed by atoms with E-state index >= 15 is 0 Å². The Labute approximate surface area is 184 Å². The molecule has 2 aromatic heterocycles. The summed E-state index contributed by atoms with van der Waals surface area (Å²) in [5.74, 6) is -1.48. The summed E-state index contributed by atoms with van der Waals surface area (Å²) in [6.07, 6.45) is 4.03. The number of aliphatic hydroxyl groups excluding tert-OH is 1. The summed E-state index contributed by atoms with van der Waals surface area (Å²) in [4.78, 5) is 39.3. The first-order valence-corrected chi connectivity index (χ1v) is 10.3. The summed E-state index contributed by atoms with van der Waals surface area (Å²) >= 11 is 0. The average molecular weight is 424 g/mol. The van der Waals surface area contributed by atoms with Crippen molar-refractivity contribution in [3.8, 4) is 0 Å². The van der Waals surface area contributed by atoms with Gasteiger partial charge in [0.2, 0.25) is 5.95 Å². The Hall–Kier alpha value is -4.26. The van der Waals surface area contributed by atoms with Gasteiger partial charge in [-0.1, -0.05) is 43.3 Å². The number of aromatic nitrogens is 3. The van der Waals surface area contributed by atoms with Gasteiger partial charge in [0.15, 0.2) is 0 Å². The molecular formula is C25H20N4O3. The lowest BCUT2D eigenvalue weighted by Crippen LogP contribution is -2.30. The third-order valence-corrected chi connectivity index (χ3v) is 5.71. The third kappa shape index (κ3) is 3.15. The zero-order chi connectivity index (χ0) is 22.2. The number of para-hydroxylation sites is 2. The van der Waals surface area contributed by atoms with E-state index in [0.717, 1.165) is 17.5 Å². The highest BCUT2D eigenvalue weighted by molar-refractivity contribution is 6.51. The van der Waals surface area contributed by atoms with Crippen LogP contribution in [0.4, 0.5) is 5.95 Å². The molecule has 4 aromatic rings. The number of imidazole rings is 1. The summed E-state index contributed by atoms with van der Waals surface area (Å²) in [5.41, 5.74) is 3.66. The fourth-order valence-electron chi connectivity index (χ4n) is 4.02. The monoisotopic (exact) mass is 424 g/mol. The topological polar surface area (TPSA) is 99.2 Å². The predicted molar refractivity (Wildman–Crippen MR) is 121 cm³/mol. The van der Waals surface area contributed by atoms with E-state index in [4.69, 9.17) is 0 Å². The molecule has 2 aromatic carbocycles. The number of amides is 1. The number of H-pyrrole nitrogens is 1. The molecule has 1 saturated heterocycles. The highest BCUT2D eigenvalue weighted by Crippen LogP contribution is 2.41. The smallest absolute Gasteiger partial charge is 0.302 e. The van der Waals surface area contributed by atoms with E-state index < -0.39 is 17.7 Å². The van der Waals surface area contributed by atoms with Crippen LogP contribution in [0.25, 0.3) is 16.8 Å². The second-order valence-corrected chi connectivity index (χ2v) is 7.58. The van der Waals surface area contributed by atoms with Gasteiger partial charge < -0.3 is 10.1 Å². The number of anilines is 1. The second-order valence-electron chi connectivity index (χ2n) is 7.58. The van der Waals surface area contributed by atoms with E-state index in [1.165, 1.54) is 4.90 Å². The number of Topliss-reactive ketones (excluding diaryl/α,β-unsaturated/α-hetero) is 1. The maximum absolute atomic E-state index is 13.2. The zero-order valence-corrected chi connectivity index (χ0v) is 17.3. The van der Waals surface area contributed by atoms with E-state index in [-0.39, 0.29) is 17.3 Å². The molecule has 0 saturated carbocycles. The van der Waals surface area contributed by atoms with Gasteiger partial charge in [-0.25, -0.2) is 4.98 Å². The number of hydrogen-bond donors (Lipinski definition) is 2. The molecule has 1 atom stereocenters. The van der Waals surface area contributed by atoms with Crippen LogP contribution in [0.2, 0.25) is 0 Å². The van der Waals surface area contributed by atoms with Crippen LogP contribution >= 0.6 is 0 Å². The molecule has 3 heterocycles. The largest absolute Gasteiger partial charge is 0.507 e. The lowest BCUT2D eigenvalue weighted by molar-refractivity contribution is -0.132. The van der Waals surface area contributed by atoms with Crippen molar-refractivity contribution in [1.29, 1.82) is 0 Å². The van der Waals surface area contributed by atoms with Crippen molar-refractivity contribution in [1.82, 2.24) is 15.0 Å². The first-order valence-electron chi connectivity index (χ1n) is 10.3. The van der Waals surface area contributed by atoms with Gasteiger partial charge in [0.05, 0.1) is 22.6 Å². The van der Waals surface area contributed by atoms with E-state index in [1.807, 2.05) is 43.3 Å². The number of nitrogens with one attached hydrogen (secondary N) is 1. The highest BCUT2D eigenvalue weighted by Gasteiger charge is 2.48. The highest BCUT2D eigenvalue weighted by atomic mass is 16.3. The number of aromatic amines is 1. The lowest BCUT2D eigenvalue weighted by Gasteiger charge is -2.22. The Balaban J connectivity index is 1.70. The molecule has 0 aliphatic carbocycles. The summed E-state index contributed by atoms with van der Waals surface area (Å²) in [6, 6.07) is 17.3. The van der Waals surface area contributed by atoms with Crippen molar-refractivity contribution in [2.24, 2.45) is 0 Å². The third-order valence-electron chi connectivity index (χ3n) is 5.71. The van der Waals surface area contributed by atoms with Crippen LogP contribution in [0.3, 0.4) is 0 Å². The van der Waals surface area contributed by atoms with Crippen molar-refractivity contribution in [2.75, 3.05) is 4.90 Å². The first kappa shape index (κ1) is 19.7. The number of ketones is 1. The summed E-state index contributed by atoms with van der Waals surface area (Å²) in [7, 11) is 0. The lowest BCUT2D eigenvalue weighted by atomic mass is 9.95. The molecule has 32 heavy (non-hydrogen) atoms. The number of pyridine rings is 1. The molecular weight excluding hydrogens is 404 g/mol. The van der Waals surface area contributed by atoms with E-state index in [1.54, 1.807) is 36.7 Å². The molecule has 0 spiro atoms. The van der Waals surface area contributed by atoms with Crippen LogP contribution < -0.4 is 4.90 Å². The van der Waals surface area contributed by atoms with E-state index in [9.17, 15) is 14.7 Å². The normalized spacial score (nSPS) is 17.9. The number of aliphatic hydroxyl groups is 1. The fourth-order valence-corrected chi connectivity index (χ4v) is 4.02. The molecule has 1 aliphatic rings. The molecule has 2 N–H and O–H groups in total. The Kier molecular flexibility index (Phi) is 4.78. The first-order chi connectivity index (χ1) is 15.6. The standard InChI is InChI=1S/C25H20N4O3/c1-2-15-7-9-17(10-8-15)22(30)20-21(16-11-13-26-14-12-16)29(24(32)23(20)31)25-27-18-5-3-4-6-19(18)28-25/h3-14,21,30H,2H2,1H3,(H,27,28)/b22-20+. The minimum Gasteiger partial charge on any atom is -0.507 e. The van der Waals surface area contributed by atoms with Crippen molar-refractivity contribution < 1.29 is 14.7 Å². The van der Waals surface area contributed by atoms with Gasteiger partial charge in [-0.15, -0.1) is 0 Å². The van der Waals surface area contributed by atoms with Gasteiger partial charge in [-0.3, -0.25) is 19.5 Å². The Bertz CT molecular complexity index is 1320. The minimum absolute atomic E-state index is 0.0194. The fraction of sp³-hybridized carbons (Fsp3) is 0.120. The summed E-state index contributed by atoms with van der Waals surface area (Å²) < 4.78 is 0. The molecule has 0 radical (unpaired) electrons. The molecule has 1 aliphatic heterocycles. The summed E-state index contributed by atoms with van der Waals surface area (Å²) in [5, 5.41) is 11.1. The number of carbonyl (C=O) groups is 2. The van der Waals surface area contributed by atoms with Crippen molar-refractivity contribution in [2.45, 2.75) is 19.4 Å². The molecule has 1 amide bonds. The number of benzene rings is 2. The van der Waals surface area contributed by atoms with Crippen molar-refractivity contribution in [3.05, 3.63) is 95.3 Å². The van der Waals surface area contributed by atoms with Crippen LogP contribution in [0.1, 0.15) is 29.7 Å². The Morgan fingerprint density at radius 1 is 1.03 bits per heavy atom. The maximum Gasteiger partial charge on any atom is 0.302 e. The molecule has 7 heteroatoms. The molecule has 158 valence electrons. The van der Waals surface area contributed by atoms with Crippen LogP contribution in [0.15, 0.2) is 78.6 Å². The summed E-state index contributed by atoms with van der Waals surface area (Å²) in [6.45, 7) is 2.04. The average Bonchev–Trinajstić information content (AvgIpc) is 3.38. The Morgan fingerprint density at radius 2 is 1.75 bits per heavy atom. The quantitative estimate of drug-likeness (QED) is 0.291.